The van der Waals surface area contributed by atoms with Crippen molar-refractivity contribution in [2.24, 2.45) is 7.05 Å². The number of carbonyl (C=O) groups is 1. The molecule has 0 spiro atoms. The van der Waals surface area contributed by atoms with Gasteiger partial charge in [0.15, 0.2) is 5.65 Å². The normalized spacial score (nSPS) is 15.5. The van der Waals surface area contributed by atoms with Crippen LogP contribution in [0.3, 0.4) is 0 Å². The maximum absolute atomic E-state index is 13.4. The Morgan fingerprint density at radius 3 is 2.77 bits per heavy atom. The van der Waals surface area contributed by atoms with Gasteiger partial charge >= 0.3 is 6.61 Å². The van der Waals surface area contributed by atoms with Crippen LogP contribution in [0.15, 0.2) is 73.3 Å². The number of piperidine rings is 1. The van der Waals surface area contributed by atoms with Gasteiger partial charge in [0.2, 0.25) is 0 Å². The molecule has 13 heteroatoms. The second-order valence-corrected chi connectivity index (χ2v) is 10.6. The van der Waals surface area contributed by atoms with E-state index in [1.165, 1.54) is 27.5 Å². The van der Waals surface area contributed by atoms with Crippen LogP contribution >= 0.6 is 0 Å². The van der Waals surface area contributed by atoms with Gasteiger partial charge < -0.3 is 19.9 Å². The number of halogens is 2. The minimum absolute atomic E-state index is 0.130. The first-order chi connectivity index (χ1) is 21.4. The summed E-state index contributed by atoms with van der Waals surface area (Å²) >= 11 is 0. The highest BCUT2D eigenvalue weighted by Gasteiger charge is 2.23. The fraction of sp³-hybridized carbons (Fsp3) is 0.290. The molecule has 1 amide bonds. The largest absolute Gasteiger partial charge is 0.457 e. The molecular formula is C31H31F2N7O4. The van der Waals surface area contributed by atoms with Crippen molar-refractivity contribution < 1.29 is 28.2 Å². The van der Waals surface area contributed by atoms with E-state index in [9.17, 15) is 18.7 Å². The van der Waals surface area contributed by atoms with Crippen LogP contribution in [-0.2, 0) is 13.6 Å². The number of aryl methyl sites for hydroxylation is 1. The summed E-state index contributed by atoms with van der Waals surface area (Å²) < 4.78 is 40.6. The van der Waals surface area contributed by atoms with Gasteiger partial charge in [0.1, 0.15) is 28.5 Å². The Bertz CT molecular complexity index is 1760. The Hall–Kier alpha value is -4.88. The second kappa shape index (κ2) is 12.8. The van der Waals surface area contributed by atoms with E-state index >= 15 is 0 Å². The lowest BCUT2D eigenvalue weighted by molar-refractivity contribution is -0.0494. The first-order valence-corrected chi connectivity index (χ1v) is 14.2. The number of aliphatic hydroxyl groups excluding tert-OH is 1. The average molecular weight is 604 g/mol. The summed E-state index contributed by atoms with van der Waals surface area (Å²) in [5.41, 5.74) is 2.37. The fourth-order valence-corrected chi connectivity index (χ4v) is 5.42. The molecule has 1 aliphatic rings. The van der Waals surface area contributed by atoms with Crippen molar-refractivity contribution in [2.75, 3.05) is 18.5 Å². The van der Waals surface area contributed by atoms with Gasteiger partial charge in [-0.25, -0.2) is 9.50 Å². The Morgan fingerprint density at radius 2 is 1.98 bits per heavy atom. The third kappa shape index (κ3) is 6.38. The number of ether oxygens (including phenoxy) is 2. The number of rotatable bonds is 10. The number of aliphatic hydroxyl groups is 1. The quantitative estimate of drug-likeness (QED) is 0.226. The molecule has 0 aliphatic carbocycles. The lowest BCUT2D eigenvalue weighted by Gasteiger charge is -2.34. The topological polar surface area (TPSA) is 119 Å². The summed E-state index contributed by atoms with van der Waals surface area (Å²) in [6, 6.07) is 13.9. The molecule has 228 valence electrons. The molecule has 1 fully saturated rings. The summed E-state index contributed by atoms with van der Waals surface area (Å²) in [5, 5.41) is 21.1. The maximum atomic E-state index is 13.4. The number of carbonyl (C=O) groups excluding carboxylic acids is 1. The Labute approximate surface area is 251 Å². The predicted octanol–water partition coefficient (Wildman–Crippen LogP) is 5.12. The molecule has 4 heterocycles. The molecule has 11 nitrogen and oxygen atoms in total. The van der Waals surface area contributed by atoms with E-state index < -0.39 is 12.5 Å². The number of benzene rings is 2. The molecule has 1 atom stereocenters. The Balaban J connectivity index is 1.25. The van der Waals surface area contributed by atoms with Crippen molar-refractivity contribution in [1.82, 2.24) is 29.3 Å². The Kier molecular flexibility index (Phi) is 8.48. The number of alkyl halides is 2. The van der Waals surface area contributed by atoms with E-state index in [1.54, 1.807) is 37.8 Å². The van der Waals surface area contributed by atoms with Crippen LogP contribution in [0.1, 0.15) is 35.2 Å². The van der Waals surface area contributed by atoms with Gasteiger partial charge in [0, 0.05) is 38.2 Å². The third-order valence-electron chi connectivity index (χ3n) is 7.53. The first kappa shape index (κ1) is 29.2. The zero-order valence-electron chi connectivity index (χ0n) is 23.9. The van der Waals surface area contributed by atoms with E-state index in [0.717, 1.165) is 37.9 Å². The minimum atomic E-state index is -3.08. The van der Waals surface area contributed by atoms with Gasteiger partial charge in [-0.15, -0.1) is 0 Å². The number of nitrogens with zero attached hydrogens (tertiary/aromatic N) is 6. The summed E-state index contributed by atoms with van der Waals surface area (Å²) in [6.07, 6.45) is 9.42. The van der Waals surface area contributed by atoms with Crippen LogP contribution < -0.4 is 14.8 Å². The predicted molar refractivity (Wildman–Crippen MR) is 158 cm³/mol. The van der Waals surface area contributed by atoms with Gasteiger partial charge in [0.05, 0.1) is 24.1 Å². The fourth-order valence-electron chi connectivity index (χ4n) is 5.42. The number of fused-ring (bicyclic) bond motifs is 1. The standard InChI is InChI=1S/C31H31F2N7O4/c1-38-18-26(36-30(42)25-16-35-40-14-4-12-34-29(25)40)28(37-38)24-15-23(10-11-27(24)44-31(32)33)43-22-8-6-20(7-9-22)17-39-13-3-2-5-21(39)19-41/h4,6-12,14-16,18,21,31,41H,2-3,5,13,17,19H2,1H3,(H,36,42)/t21-/m0/s1. The summed E-state index contributed by atoms with van der Waals surface area (Å²) in [6.45, 7) is -1.25. The second-order valence-electron chi connectivity index (χ2n) is 10.6. The van der Waals surface area contributed by atoms with Gasteiger partial charge in [0.25, 0.3) is 5.91 Å². The molecule has 2 aromatic carbocycles. The van der Waals surface area contributed by atoms with Crippen LogP contribution in [0.5, 0.6) is 17.2 Å². The maximum Gasteiger partial charge on any atom is 0.387 e. The summed E-state index contributed by atoms with van der Waals surface area (Å²) in [5.74, 6) is 0.288. The summed E-state index contributed by atoms with van der Waals surface area (Å²) in [7, 11) is 1.65. The van der Waals surface area contributed by atoms with Crippen molar-refractivity contribution in [1.29, 1.82) is 0 Å². The van der Waals surface area contributed by atoms with E-state index in [4.69, 9.17) is 9.47 Å². The monoisotopic (exact) mass is 603 g/mol. The molecule has 0 radical (unpaired) electrons. The SMILES string of the molecule is Cn1cc(NC(=O)c2cnn3cccnc23)c(-c2cc(Oc3ccc(CN4CCCC[C@H]4CO)cc3)ccc2OC(F)F)n1. The van der Waals surface area contributed by atoms with Crippen LogP contribution in [-0.4, -0.2) is 66.1 Å². The van der Waals surface area contributed by atoms with Crippen molar-refractivity contribution in [3.05, 3.63) is 84.4 Å². The van der Waals surface area contributed by atoms with E-state index in [0.29, 0.717) is 17.1 Å². The molecule has 3 aromatic heterocycles. The first-order valence-electron chi connectivity index (χ1n) is 14.2. The average Bonchev–Trinajstić information content (AvgIpc) is 3.62. The lowest BCUT2D eigenvalue weighted by atomic mass is 10.0. The van der Waals surface area contributed by atoms with Crippen molar-refractivity contribution in [2.45, 2.75) is 38.5 Å². The van der Waals surface area contributed by atoms with E-state index in [1.807, 2.05) is 24.3 Å². The number of nitrogens with one attached hydrogen (secondary N) is 1. The van der Waals surface area contributed by atoms with Crippen molar-refractivity contribution >= 4 is 17.2 Å². The van der Waals surface area contributed by atoms with Crippen LogP contribution in [0.4, 0.5) is 14.5 Å². The number of amides is 1. The molecule has 0 unspecified atom stereocenters. The molecular weight excluding hydrogens is 572 g/mol. The molecule has 1 saturated heterocycles. The molecule has 44 heavy (non-hydrogen) atoms. The molecule has 2 N–H and O–H groups in total. The number of anilines is 1. The molecule has 0 saturated carbocycles. The highest BCUT2D eigenvalue weighted by Crippen LogP contribution is 2.39. The van der Waals surface area contributed by atoms with E-state index in [-0.39, 0.29) is 40.9 Å². The lowest BCUT2D eigenvalue weighted by Crippen LogP contribution is -2.41. The smallest absolute Gasteiger partial charge is 0.387 e. The van der Waals surface area contributed by atoms with Gasteiger partial charge in [-0.1, -0.05) is 18.6 Å². The molecule has 0 bridgehead atoms. The van der Waals surface area contributed by atoms with Gasteiger partial charge in [-0.3, -0.25) is 14.4 Å². The number of hydrogen-bond donors (Lipinski definition) is 2. The van der Waals surface area contributed by atoms with Crippen LogP contribution in [0, 0.1) is 0 Å². The van der Waals surface area contributed by atoms with Gasteiger partial charge in [-0.05, 0) is 61.3 Å². The number of hydrogen-bond acceptors (Lipinski definition) is 8. The highest BCUT2D eigenvalue weighted by molar-refractivity contribution is 6.09. The Morgan fingerprint density at radius 1 is 1.16 bits per heavy atom. The molecule has 1 aliphatic heterocycles. The zero-order chi connectivity index (χ0) is 30.6. The van der Waals surface area contributed by atoms with Crippen molar-refractivity contribution in [3.63, 3.8) is 0 Å². The highest BCUT2D eigenvalue weighted by atomic mass is 19.3. The number of aromatic nitrogens is 5. The summed E-state index contributed by atoms with van der Waals surface area (Å²) in [4.78, 5) is 19.7. The molecule has 6 rings (SSSR count). The zero-order valence-corrected chi connectivity index (χ0v) is 23.9. The van der Waals surface area contributed by atoms with Gasteiger partial charge in [-0.2, -0.15) is 19.0 Å². The van der Waals surface area contributed by atoms with E-state index in [2.05, 4.69) is 25.4 Å². The molecule has 5 aromatic rings. The third-order valence-corrected chi connectivity index (χ3v) is 7.53. The van der Waals surface area contributed by atoms with Crippen LogP contribution in [0.25, 0.3) is 16.9 Å². The van der Waals surface area contributed by atoms with Crippen molar-refractivity contribution in [3.8, 4) is 28.5 Å². The van der Waals surface area contributed by atoms with Crippen LogP contribution in [0.2, 0.25) is 0 Å². The minimum Gasteiger partial charge on any atom is -0.457 e. The number of likely N-dealkylation sites (tertiary alicyclic amines) is 1.